The Bertz CT molecular complexity index is 918. The minimum atomic E-state index is -0.233. The first-order valence-electron chi connectivity index (χ1n) is 7.66. The summed E-state index contributed by atoms with van der Waals surface area (Å²) in [6.07, 6.45) is 2.65. The molecule has 3 rings (SSSR count). The Kier molecular flexibility index (Phi) is 4.44. The maximum absolute atomic E-state index is 12.6. The van der Waals surface area contributed by atoms with Gasteiger partial charge in [0.25, 0.3) is 5.91 Å². The molecule has 0 saturated carbocycles. The zero-order valence-corrected chi connectivity index (χ0v) is 14.5. The molecule has 24 heavy (non-hydrogen) atoms. The van der Waals surface area contributed by atoms with E-state index in [4.69, 9.17) is 16.3 Å². The number of anilines is 1. The maximum atomic E-state index is 12.6. The topological polar surface area (TPSA) is 55.6 Å². The van der Waals surface area contributed by atoms with E-state index in [1.54, 1.807) is 37.6 Å². The number of benzene rings is 1. The molecule has 1 aromatic carbocycles. The van der Waals surface area contributed by atoms with Crippen LogP contribution in [-0.2, 0) is 6.42 Å². The average molecular weight is 344 g/mol. The monoisotopic (exact) mass is 343 g/mol. The SMILES string of the molecule is CCc1nc2ccc(C(=O)Nc3cc(Cl)ccc3OC)cn2c1C. The van der Waals surface area contributed by atoms with E-state index < -0.39 is 0 Å². The Balaban J connectivity index is 1.94. The molecule has 0 aliphatic carbocycles. The highest BCUT2D eigenvalue weighted by molar-refractivity contribution is 6.31. The van der Waals surface area contributed by atoms with E-state index in [2.05, 4.69) is 17.2 Å². The zero-order chi connectivity index (χ0) is 17.3. The number of rotatable bonds is 4. The highest BCUT2D eigenvalue weighted by atomic mass is 35.5. The number of hydrogen-bond donors (Lipinski definition) is 1. The summed E-state index contributed by atoms with van der Waals surface area (Å²) in [4.78, 5) is 17.1. The molecule has 0 aliphatic rings. The lowest BCUT2D eigenvalue weighted by Crippen LogP contribution is -2.13. The Morgan fingerprint density at radius 2 is 2.12 bits per heavy atom. The van der Waals surface area contributed by atoms with Crippen molar-refractivity contribution in [3.05, 3.63) is 58.5 Å². The Morgan fingerprint density at radius 1 is 1.33 bits per heavy atom. The zero-order valence-electron chi connectivity index (χ0n) is 13.8. The fourth-order valence-electron chi connectivity index (χ4n) is 2.65. The first-order chi connectivity index (χ1) is 11.5. The molecule has 2 aromatic heterocycles. The number of amides is 1. The highest BCUT2D eigenvalue weighted by Crippen LogP contribution is 2.28. The molecule has 0 aliphatic heterocycles. The van der Waals surface area contributed by atoms with Crippen LogP contribution in [0.2, 0.25) is 5.02 Å². The van der Waals surface area contributed by atoms with Crippen molar-refractivity contribution in [3.63, 3.8) is 0 Å². The number of imidazole rings is 1. The third-order valence-electron chi connectivity index (χ3n) is 3.96. The lowest BCUT2D eigenvalue weighted by Gasteiger charge is -2.11. The van der Waals surface area contributed by atoms with Crippen LogP contribution in [0.15, 0.2) is 36.5 Å². The van der Waals surface area contributed by atoms with Crippen LogP contribution in [0.3, 0.4) is 0 Å². The summed E-state index contributed by atoms with van der Waals surface area (Å²) in [6.45, 7) is 4.06. The van der Waals surface area contributed by atoms with Gasteiger partial charge in [-0.2, -0.15) is 0 Å². The second-order valence-corrected chi connectivity index (χ2v) is 5.88. The summed E-state index contributed by atoms with van der Waals surface area (Å²) in [6, 6.07) is 8.69. The summed E-state index contributed by atoms with van der Waals surface area (Å²) in [5, 5.41) is 3.37. The molecule has 0 unspecified atom stereocenters. The molecule has 0 spiro atoms. The van der Waals surface area contributed by atoms with Gasteiger partial charge in [0.15, 0.2) is 0 Å². The minimum absolute atomic E-state index is 0.233. The number of aryl methyl sites for hydroxylation is 2. The van der Waals surface area contributed by atoms with Crippen LogP contribution in [0.1, 0.15) is 28.7 Å². The molecule has 5 nitrogen and oxygen atoms in total. The lowest BCUT2D eigenvalue weighted by molar-refractivity contribution is 0.102. The van der Waals surface area contributed by atoms with Gasteiger partial charge in [-0.25, -0.2) is 4.98 Å². The van der Waals surface area contributed by atoms with Crippen LogP contribution < -0.4 is 10.1 Å². The molecule has 0 radical (unpaired) electrons. The van der Waals surface area contributed by atoms with Crippen molar-refractivity contribution in [1.82, 2.24) is 9.38 Å². The molecule has 0 bridgehead atoms. The molecule has 2 heterocycles. The molecule has 3 aromatic rings. The van der Waals surface area contributed by atoms with Crippen molar-refractivity contribution in [2.75, 3.05) is 12.4 Å². The molecule has 0 fully saturated rings. The number of fused-ring (bicyclic) bond motifs is 1. The fraction of sp³-hybridized carbons (Fsp3) is 0.222. The van der Waals surface area contributed by atoms with Gasteiger partial charge in [-0.05, 0) is 43.7 Å². The second kappa shape index (κ2) is 6.53. The number of carbonyl (C=O) groups is 1. The third kappa shape index (κ3) is 2.95. The number of methoxy groups -OCH3 is 1. The highest BCUT2D eigenvalue weighted by Gasteiger charge is 2.13. The number of nitrogens with one attached hydrogen (secondary N) is 1. The number of ether oxygens (including phenoxy) is 1. The van der Waals surface area contributed by atoms with E-state index in [9.17, 15) is 4.79 Å². The van der Waals surface area contributed by atoms with Gasteiger partial charge in [0.1, 0.15) is 11.4 Å². The first-order valence-corrected chi connectivity index (χ1v) is 8.03. The van der Waals surface area contributed by atoms with Crippen molar-refractivity contribution < 1.29 is 9.53 Å². The van der Waals surface area contributed by atoms with Gasteiger partial charge < -0.3 is 14.5 Å². The van der Waals surface area contributed by atoms with Crippen LogP contribution in [0, 0.1) is 6.92 Å². The lowest BCUT2D eigenvalue weighted by atomic mass is 10.2. The number of aromatic nitrogens is 2. The van der Waals surface area contributed by atoms with E-state index in [0.29, 0.717) is 22.0 Å². The Morgan fingerprint density at radius 3 is 2.83 bits per heavy atom. The molecule has 6 heteroatoms. The minimum Gasteiger partial charge on any atom is -0.495 e. The van der Waals surface area contributed by atoms with E-state index in [1.165, 1.54) is 0 Å². The largest absolute Gasteiger partial charge is 0.495 e. The van der Waals surface area contributed by atoms with Crippen LogP contribution in [0.5, 0.6) is 5.75 Å². The number of nitrogens with zero attached hydrogens (tertiary/aromatic N) is 2. The second-order valence-electron chi connectivity index (χ2n) is 5.44. The number of pyridine rings is 1. The van der Waals surface area contributed by atoms with Gasteiger partial charge in [-0.3, -0.25) is 4.79 Å². The quantitative estimate of drug-likeness (QED) is 0.775. The Hall–Kier alpha value is -2.53. The molecular weight excluding hydrogens is 326 g/mol. The van der Waals surface area contributed by atoms with Gasteiger partial charge in [-0.1, -0.05) is 18.5 Å². The van der Waals surface area contributed by atoms with Crippen molar-refractivity contribution in [3.8, 4) is 5.75 Å². The summed E-state index contributed by atoms with van der Waals surface area (Å²) >= 11 is 6.00. The maximum Gasteiger partial charge on any atom is 0.257 e. The van der Waals surface area contributed by atoms with Gasteiger partial charge in [-0.15, -0.1) is 0 Å². The summed E-state index contributed by atoms with van der Waals surface area (Å²) in [5.74, 6) is 0.324. The van der Waals surface area contributed by atoms with Crippen molar-refractivity contribution >= 4 is 28.8 Å². The van der Waals surface area contributed by atoms with E-state index in [1.807, 2.05) is 17.4 Å². The van der Waals surface area contributed by atoms with Gasteiger partial charge in [0, 0.05) is 16.9 Å². The van der Waals surface area contributed by atoms with Crippen LogP contribution in [0.4, 0.5) is 5.69 Å². The summed E-state index contributed by atoms with van der Waals surface area (Å²) in [7, 11) is 1.55. The standard InChI is InChI=1S/C18H18ClN3O2/c1-4-14-11(2)22-10-12(5-8-17(22)20-14)18(23)21-15-9-13(19)6-7-16(15)24-3/h5-10H,4H2,1-3H3,(H,21,23). The number of halogens is 1. The van der Waals surface area contributed by atoms with Crippen LogP contribution in [-0.4, -0.2) is 22.4 Å². The van der Waals surface area contributed by atoms with Crippen LogP contribution >= 0.6 is 11.6 Å². The van der Waals surface area contributed by atoms with Crippen molar-refractivity contribution in [2.45, 2.75) is 20.3 Å². The molecule has 1 amide bonds. The van der Waals surface area contributed by atoms with Crippen molar-refractivity contribution in [1.29, 1.82) is 0 Å². The van der Waals surface area contributed by atoms with E-state index >= 15 is 0 Å². The summed E-state index contributed by atoms with van der Waals surface area (Å²) in [5.41, 5.74) is 3.98. The van der Waals surface area contributed by atoms with Gasteiger partial charge in [0.2, 0.25) is 0 Å². The number of carbonyl (C=O) groups excluding carboxylic acids is 1. The van der Waals surface area contributed by atoms with E-state index in [0.717, 1.165) is 23.5 Å². The average Bonchev–Trinajstić information content (AvgIpc) is 2.90. The molecule has 1 N–H and O–H groups in total. The molecule has 124 valence electrons. The van der Waals surface area contributed by atoms with E-state index in [-0.39, 0.29) is 5.91 Å². The fourth-order valence-corrected chi connectivity index (χ4v) is 2.82. The number of hydrogen-bond acceptors (Lipinski definition) is 3. The Labute approximate surface area is 145 Å². The normalized spacial score (nSPS) is 10.8. The van der Waals surface area contributed by atoms with Gasteiger partial charge >= 0.3 is 0 Å². The van der Waals surface area contributed by atoms with Crippen LogP contribution in [0.25, 0.3) is 5.65 Å². The molecule has 0 saturated heterocycles. The van der Waals surface area contributed by atoms with Gasteiger partial charge in [0.05, 0.1) is 24.1 Å². The molecular formula is C18H18ClN3O2. The third-order valence-corrected chi connectivity index (χ3v) is 4.20. The molecule has 0 atom stereocenters. The first kappa shape index (κ1) is 16.3. The predicted octanol–water partition coefficient (Wildman–Crippen LogP) is 4.12. The van der Waals surface area contributed by atoms with Crippen molar-refractivity contribution in [2.24, 2.45) is 0 Å². The predicted molar refractivity (Wildman–Crippen MR) is 95.3 cm³/mol. The smallest absolute Gasteiger partial charge is 0.257 e. The summed E-state index contributed by atoms with van der Waals surface area (Å²) < 4.78 is 7.19.